The second-order valence-electron chi connectivity index (χ2n) is 5.93. The van der Waals surface area contributed by atoms with Crippen LogP contribution in [0.1, 0.15) is 15.9 Å². The van der Waals surface area contributed by atoms with Crippen LogP contribution in [-0.4, -0.2) is 25.0 Å². The van der Waals surface area contributed by atoms with E-state index < -0.39 is 12.0 Å². The second-order valence-corrected chi connectivity index (χ2v) is 5.93. The van der Waals surface area contributed by atoms with Crippen LogP contribution in [0, 0.1) is 0 Å². The van der Waals surface area contributed by atoms with E-state index in [2.05, 4.69) is 10.9 Å². The van der Waals surface area contributed by atoms with E-state index >= 15 is 0 Å². The molecule has 0 heterocycles. The Balaban J connectivity index is 1.71. The van der Waals surface area contributed by atoms with Crippen molar-refractivity contribution < 1.29 is 14.3 Å². The fourth-order valence-corrected chi connectivity index (χ4v) is 2.75. The number of hydrogen-bond donors (Lipinski definition) is 2. The highest BCUT2D eigenvalue weighted by Gasteiger charge is 2.20. The van der Waals surface area contributed by atoms with Gasteiger partial charge in [-0.25, -0.2) is 5.43 Å². The number of carbonyl (C=O) groups excluding carboxylic acids is 2. The van der Waals surface area contributed by atoms with Crippen LogP contribution in [0.4, 0.5) is 0 Å². The van der Waals surface area contributed by atoms with Gasteiger partial charge < -0.3 is 4.74 Å². The van der Waals surface area contributed by atoms with Crippen LogP contribution < -0.4 is 10.9 Å². The summed E-state index contributed by atoms with van der Waals surface area (Å²) in [6.07, 6.45) is 0.395. The summed E-state index contributed by atoms with van der Waals surface area (Å²) in [7, 11) is 1.33. The lowest BCUT2D eigenvalue weighted by Crippen LogP contribution is -2.49. The zero-order chi connectivity index (χ0) is 18.4. The van der Waals surface area contributed by atoms with Gasteiger partial charge in [0, 0.05) is 12.0 Å². The molecule has 26 heavy (non-hydrogen) atoms. The van der Waals surface area contributed by atoms with E-state index in [1.807, 2.05) is 48.5 Å². The fourth-order valence-electron chi connectivity index (χ4n) is 2.75. The molecular formula is C21H20N2O3. The first-order chi connectivity index (χ1) is 12.7. The third-order valence-corrected chi connectivity index (χ3v) is 4.14. The maximum atomic E-state index is 12.2. The normalized spacial score (nSPS) is 11.7. The lowest BCUT2D eigenvalue weighted by atomic mass is 10.0. The van der Waals surface area contributed by atoms with Gasteiger partial charge in [-0.05, 0) is 28.5 Å². The molecule has 0 saturated heterocycles. The summed E-state index contributed by atoms with van der Waals surface area (Å²) in [6, 6.07) is 22.2. The molecule has 0 bridgehead atoms. The number of benzene rings is 3. The zero-order valence-corrected chi connectivity index (χ0v) is 14.4. The van der Waals surface area contributed by atoms with Crippen LogP contribution in [0.5, 0.6) is 0 Å². The largest absolute Gasteiger partial charge is 0.468 e. The molecule has 0 aliphatic heterocycles. The summed E-state index contributed by atoms with van der Waals surface area (Å²) in [5.41, 5.74) is 6.85. The molecule has 0 spiro atoms. The number of esters is 1. The van der Waals surface area contributed by atoms with Crippen molar-refractivity contribution in [2.24, 2.45) is 0 Å². The van der Waals surface area contributed by atoms with Gasteiger partial charge in [-0.15, -0.1) is 0 Å². The monoisotopic (exact) mass is 348 g/mol. The number of methoxy groups -OCH3 is 1. The van der Waals surface area contributed by atoms with E-state index in [1.54, 1.807) is 24.3 Å². The first-order valence-electron chi connectivity index (χ1n) is 8.34. The first-order valence-corrected chi connectivity index (χ1v) is 8.34. The highest BCUT2D eigenvalue weighted by atomic mass is 16.5. The SMILES string of the molecule is COC(=O)[C@H](Cc1ccc2ccccc2c1)NNC(=O)c1ccccc1. The summed E-state index contributed by atoms with van der Waals surface area (Å²) in [4.78, 5) is 24.3. The maximum absolute atomic E-state index is 12.2. The number of ether oxygens (including phenoxy) is 1. The van der Waals surface area contributed by atoms with E-state index in [-0.39, 0.29) is 5.91 Å². The lowest BCUT2D eigenvalue weighted by Gasteiger charge is -2.17. The van der Waals surface area contributed by atoms with Gasteiger partial charge >= 0.3 is 5.97 Å². The minimum Gasteiger partial charge on any atom is -0.468 e. The average molecular weight is 348 g/mol. The van der Waals surface area contributed by atoms with Crippen molar-refractivity contribution in [3.63, 3.8) is 0 Å². The molecular weight excluding hydrogens is 328 g/mol. The van der Waals surface area contributed by atoms with Crippen molar-refractivity contribution in [2.75, 3.05) is 7.11 Å². The minimum absolute atomic E-state index is 0.307. The van der Waals surface area contributed by atoms with Crippen LogP contribution in [-0.2, 0) is 16.0 Å². The summed E-state index contributed by atoms with van der Waals surface area (Å²) in [5, 5.41) is 2.23. The van der Waals surface area contributed by atoms with Gasteiger partial charge in [0.05, 0.1) is 7.11 Å². The summed E-state index contributed by atoms with van der Waals surface area (Å²) in [6.45, 7) is 0. The predicted molar refractivity (Wildman–Crippen MR) is 100 cm³/mol. The van der Waals surface area contributed by atoms with E-state index in [4.69, 9.17) is 4.74 Å². The number of rotatable bonds is 6. The first kappa shape index (κ1) is 17.6. The van der Waals surface area contributed by atoms with Crippen molar-refractivity contribution in [1.29, 1.82) is 0 Å². The number of amides is 1. The lowest BCUT2D eigenvalue weighted by molar-refractivity contribution is -0.143. The van der Waals surface area contributed by atoms with Crippen LogP contribution in [0.25, 0.3) is 10.8 Å². The maximum Gasteiger partial charge on any atom is 0.325 e. The number of nitrogens with one attached hydrogen (secondary N) is 2. The minimum atomic E-state index is -0.686. The molecule has 3 aromatic carbocycles. The summed E-state index contributed by atoms with van der Waals surface area (Å²) in [5.74, 6) is -0.746. The third-order valence-electron chi connectivity index (χ3n) is 4.14. The van der Waals surface area contributed by atoms with Gasteiger partial charge in [-0.1, -0.05) is 60.7 Å². The number of hydrazine groups is 1. The van der Waals surface area contributed by atoms with Gasteiger partial charge in [0.1, 0.15) is 6.04 Å². The Morgan fingerprint density at radius 3 is 2.35 bits per heavy atom. The Bertz CT molecular complexity index is 909. The Morgan fingerprint density at radius 1 is 0.923 bits per heavy atom. The van der Waals surface area contributed by atoms with Crippen molar-refractivity contribution in [1.82, 2.24) is 10.9 Å². The molecule has 0 aromatic heterocycles. The smallest absolute Gasteiger partial charge is 0.325 e. The van der Waals surface area contributed by atoms with Gasteiger partial charge in [-0.2, -0.15) is 0 Å². The Hall–Kier alpha value is -3.18. The molecule has 0 aliphatic carbocycles. The molecule has 0 aliphatic rings. The highest BCUT2D eigenvalue weighted by Crippen LogP contribution is 2.17. The van der Waals surface area contributed by atoms with Crippen molar-refractivity contribution >= 4 is 22.6 Å². The van der Waals surface area contributed by atoms with Crippen molar-refractivity contribution in [3.8, 4) is 0 Å². The molecule has 132 valence electrons. The standard InChI is InChI=1S/C21H20N2O3/c1-26-21(25)19(22-23-20(24)17-8-3-2-4-9-17)14-15-11-12-16-7-5-6-10-18(16)13-15/h2-13,19,22H,14H2,1H3,(H,23,24)/t19-/m0/s1. The summed E-state index contributed by atoms with van der Waals surface area (Å²) >= 11 is 0. The highest BCUT2D eigenvalue weighted by molar-refractivity contribution is 5.94. The molecule has 1 atom stereocenters. The Labute approximate surface area is 152 Å². The molecule has 1 amide bonds. The Morgan fingerprint density at radius 2 is 1.62 bits per heavy atom. The molecule has 0 unspecified atom stereocenters. The van der Waals surface area contributed by atoms with Gasteiger partial charge in [0.15, 0.2) is 0 Å². The van der Waals surface area contributed by atoms with Crippen molar-refractivity contribution in [3.05, 3.63) is 83.9 Å². The van der Waals surface area contributed by atoms with Crippen molar-refractivity contribution in [2.45, 2.75) is 12.5 Å². The van der Waals surface area contributed by atoms with Crippen LogP contribution in [0.3, 0.4) is 0 Å². The van der Waals surface area contributed by atoms with Gasteiger partial charge in [0.25, 0.3) is 5.91 Å². The molecule has 3 aromatic rings. The van der Waals surface area contributed by atoms with Gasteiger partial charge in [0.2, 0.25) is 0 Å². The molecule has 0 fully saturated rings. The third kappa shape index (κ3) is 4.26. The van der Waals surface area contributed by atoms with E-state index in [0.717, 1.165) is 16.3 Å². The van der Waals surface area contributed by atoms with Crippen LogP contribution in [0.2, 0.25) is 0 Å². The van der Waals surface area contributed by atoms with E-state index in [1.165, 1.54) is 7.11 Å². The molecule has 3 rings (SSSR count). The van der Waals surface area contributed by atoms with E-state index in [9.17, 15) is 9.59 Å². The summed E-state index contributed by atoms with van der Waals surface area (Å²) < 4.78 is 4.86. The molecule has 5 nitrogen and oxygen atoms in total. The molecule has 0 radical (unpaired) electrons. The number of fused-ring (bicyclic) bond motifs is 1. The fraction of sp³-hybridized carbons (Fsp3) is 0.143. The molecule has 2 N–H and O–H groups in total. The van der Waals surface area contributed by atoms with Gasteiger partial charge in [-0.3, -0.25) is 15.0 Å². The second kappa shape index (κ2) is 8.27. The molecule has 0 saturated carbocycles. The topological polar surface area (TPSA) is 67.4 Å². The van der Waals surface area contributed by atoms with Crippen LogP contribution >= 0.6 is 0 Å². The molecule has 5 heteroatoms. The predicted octanol–water partition coefficient (Wildman–Crippen LogP) is 2.86. The number of hydrogen-bond acceptors (Lipinski definition) is 4. The zero-order valence-electron chi connectivity index (χ0n) is 14.4. The Kier molecular flexibility index (Phi) is 5.61. The quantitative estimate of drug-likeness (QED) is 0.531. The van der Waals surface area contributed by atoms with Crippen LogP contribution in [0.15, 0.2) is 72.8 Å². The number of carbonyl (C=O) groups is 2. The average Bonchev–Trinajstić information content (AvgIpc) is 2.70. The van der Waals surface area contributed by atoms with E-state index in [0.29, 0.717) is 12.0 Å².